The second-order valence-electron chi connectivity index (χ2n) is 6.91. The molecule has 4 rings (SSSR count). The number of phenolic OH excluding ortho intramolecular Hbond substituents is 2. The minimum absolute atomic E-state index is 0.00548. The van der Waals surface area contributed by atoms with Gasteiger partial charge in [0.05, 0.1) is 9.79 Å². The number of hydrogen-bond donors (Lipinski definition) is 4. The minimum atomic E-state index is -4.05. The second-order valence-corrected chi connectivity index (χ2v) is 10.2. The van der Waals surface area contributed by atoms with Crippen molar-refractivity contribution in [2.24, 2.45) is 0 Å². The Balaban J connectivity index is 1.77. The number of anilines is 2. The van der Waals surface area contributed by atoms with Gasteiger partial charge in [0, 0.05) is 22.1 Å². The molecule has 0 radical (unpaired) electrons. The molecular formula is C22H18N2O6S2. The topological polar surface area (TPSA) is 133 Å². The lowest BCUT2D eigenvalue weighted by molar-refractivity contribution is 0.475. The Morgan fingerprint density at radius 1 is 0.500 bits per heavy atom. The largest absolute Gasteiger partial charge is 0.508 e. The lowest BCUT2D eigenvalue weighted by Gasteiger charge is -2.14. The van der Waals surface area contributed by atoms with Crippen molar-refractivity contribution < 1.29 is 27.0 Å². The van der Waals surface area contributed by atoms with E-state index in [1.54, 1.807) is 0 Å². The van der Waals surface area contributed by atoms with Crippen LogP contribution in [0.25, 0.3) is 10.8 Å². The summed E-state index contributed by atoms with van der Waals surface area (Å²) in [7, 11) is -8.11. The predicted octanol–water partition coefficient (Wildman–Crippen LogP) is 3.85. The molecule has 0 amide bonds. The number of sulfonamides is 2. The van der Waals surface area contributed by atoms with Crippen LogP contribution in [-0.2, 0) is 20.0 Å². The SMILES string of the molecule is O=S(=O)(Nc1ccc(O)cc1)c1cccc2c(S(=O)(=O)Nc3ccc(O)cc3)cccc12. The van der Waals surface area contributed by atoms with E-state index in [1.165, 1.54) is 84.9 Å². The highest BCUT2D eigenvalue weighted by atomic mass is 32.2. The Hall–Kier alpha value is -3.76. The summed E-state index contributed by atoms with van der Waals surface area (Å²) in [5, 5.41) is 19.2. The van der Waals surface area contributed by atoms with E-state index in [9.17, 15) is 27.0 Å². The number of aromatic hydroxyl groups is 2. The number of rotatable bonds is 6. The molecule has 4 N–H and O–H groups in total. The standard InChI is InChI=1S/C22H18N2O6S2/c25-17-11-7-15(8-12-17)23-31(27,28)21-5-1-3-19-20(21)4-2-6-22(19)32(29,30)24-16-9-13-18(26)14-10-16/h1-14,23-26H. The van der Waals surface area contributed by atoms with Gasteiger partial charge in [-0.25, -0.2) is 16.8 Å². The highest BCUT2D eigenvalue weighted by molar-refractivity contribution is 7.93. The lowest BCUT2D eigenvalue weighted by Crippen LogP contribution is -2.15. The van der Waals surface area contributed by atoms with Crippen molar-refractivity contribution in [1.82, 2.24) is 0 Å². The molecule has 0 fully saturated rings. The van der Waals surface area contributed by atoms with E-state index in [-0.39, 0.29) is 43.4 Å². The first-order valence-corrected chi connectivity index (χ1v) is 12.3. The molecule has 0 saturated carbocycles. The van der Waals surface area contributed by atoms with E-state index >= 15 is 0 Å². The third kappa shape index (κ3) is 4.32. The van der Waals surface area contributed by atoms with Gasteiger partial charge in [0.15, 0.2) is 0 Å². The van der Waals surface area contributed by atoms with Crippen molar-refractivity contribution in [3.8, 4) is 11.5 Å². The molecule has 0 spiro atoms. The number of fused-ring (bicyclic) bond motifs is 1. The van der Waals surface area contributed by atoms with Gasteiger partial charge in [0.1, 0.15) is 11.5 Å². The first kappa shape index (κ1) is 21.5. The van der Waals surface area contributed by atoms with Crippen molar-refractivity contribution in [3.05, 3.63) is 84.9 Å². The maximum Gasteiger partial charge on any atom is 0.262 e. The van der Waals surface area contributed by atoms with E-state index in [1.807, 2.05) is 0 Å². The number of phenols is 2. The first-order valence-electron chi connectivity index (χ1n) is 9.31. The molecule has 0 aliphatic carbocycles. The van der Waals surface area contributed by atoms with Gasteiger partial charge in [0.25, 0.3) is 20.0 Å². The molecule has 4 aromatic carbocycles. The summed E-state index contributed by atoms with van der Waals surface area (Å²) in [5.74, 6) is -0.0110. The smallest absolute Gasteiger partial charge is 0.262 e. The van der Waals surface area contributed by atoms with Crippen molar-refractivity contribution in [1.29, 1.82) is 0 Å². The van der Waals surface area contributed by atoms with Crippen molar-refractivity contribution in [2.45, 2.75) is 9.79 Å². The van der Waals surface area contributed by atoms with Gasteiger partial charge in [-0.05, 0) is 60.7 Å². The van der Waals surface area contributed by atoms with Crippen LogP contribution >= 0.6 is 0 Å². The Labute approximate surface area is 184 Å². The van der Waals surface area contributed by atoms with Gasteiger partial charge in [-0.3, -0.25) is 9.44 Å². The molecular weight excluding hydrogens is 452 g/mol. The van der Waals surface area contributed by atoms with Crippen molar-refractivity contribution in [2.75, 3.05) is 9.44 Å². The molecule has 4 aromatic rings. The first-order chi connectivity index (χ1) is 15.2. The van der Waals surface area contributed by atoms with Crippen LogP contribution in [0.5, 0.6) is 11.5 Å². The molecule has 0 aromatic heterocycles. The fourth-order valence-electron chi connectivity index (χ4n) is 3.20. The number of hydrogen-bond acceptors (Lipinski definition) is 6. The monoisotopic (exact) mass is 470 g/mol. The van der Waals surface area contributed by atoms with E-state index in [0.717, 1.165) is 0 Å². The minimum Gasteiger partial charge on any atom is -0.508 e. The molecule has 8 nitrogen and oxygen atoms in total. The maximum absolute atomic E-state index is 13.0. The zero-order valence-corrected chi connectivity index (χ0v) is 18.1. The van der Waals surface area contributed by atoms with E-state index in [4.69, 9.17) is 0 Å². The van der Waals surface area contributed by atoms with Gasteiger partial charge in [-0.1, -0.05) is 24.3 Å². The van der Waals surface area contributed by atoms with E-state index < -0.39 is 20.0 Å². The number of nitrogens with one attached hydrogen (secondary N) is 2. The normalized spacial score (nSPS) is 11.9. The molecule has 0 heterocycles. The van der Waals surface area contributed by atoms with Crippen LogP contribution < -0.4 is 9.44 Å². The van der Waals surface area contributed by atoms with Crippen molar-refractivity contribution in [3.63, 3.8) is 0 Å². The Bertz CT molecular complexity index is 1380. The molecule has 10 heteroatoms. The quantitative estimate of drug-likeness (QED) is 0.316. The Kier molecular flexibility index (Phi) is 5.41. The molecule has 0 saturated heterocycles. The number of benzene rings is 4. The predicted molar refractivity (Wildman–Crippen MR) is 122 cm³/mol. The summed E-state index contributed by atoms with van der Waals surface area (Å²) in [5.41, 5.74) is 0.496. The third-order valence-corrected chi connectivity index (χ3v) is 7.54. The summed E-state index contributed by atoms with van der Waals surface area (Å²) in [6.07, 6.45) is 0. The van der Waals surface area contributed by atoms with Crippen LogP contribution in [0.1, 0.15) is 0 Å². The molecule has 0 aliphatic rings. The highest BCUT2D eigenvalue weighted by Crippen LogP contribution is 2.31. The van der Waals surface area contributed by atoms with Crippen molar-refractivity contribution >= 4 is 42.2 Å². The molecule has 0 bridgehead atoms. The molecule has 0 atom stereocenters. The van der Waals surface area contributed by atoms with E-state index in [0.29, 0.717) is 0 Å². The van der Waals surface area contributed by atoms with E-state index in [2.05, 4.69) is 9.44 Å². The molecule has 32 heavy (non-hydrogen) atoms. The van der Waals surface area contributed by atoms with Gasteiger partial charge >= 0.3 is 0 Å². The molecule has 0 unspecified atom stereocenters. The van der Waals surface area contributed by atoms with Crippen LogP contribution in [0.2, 0.25) is 0 Å². The average molecular weight is 471 g/mol. The van der Waals surface area contributed by atoms with Crippen LogP contribution in [0.4, 0.5) is 11.4 Å². The summed E-state index contributed by atoms with van der Waals surface area (Å²) < 4.78 is 56.9. The zero-order valence-electron chi connectivity index (χ0n) is 16.4. The second kappa shape index (κ2) is 8.06. The van der Waals surface area contributed by atoms with Gasteiger partial charge < -0.3 is 10.2 Å². The fraction of sp³-hybridized carbons (Fsp3) is 0. The van der Waals surface area contributed by atoms with Gasteiger partial charge in [-0.2, -0.15) is 0 Å². The lowest BCUT2D eigenvalue weighted by atomic mass is 10.1. The zero-order chi connectivity index (χ0) is 22.9. The summed E-state index contributed by atoms with van der Waals surface area (Å²) >= 11 is 0. The summed E-state index contributed by atoms with van der Waals surface area (Å²) in [6, 6.07) is 19.8. The molecule has 0 aliphatic heterocycles. The van der Waals surface area contributed by atoms with Crippen LogP contribution in [0.15, 0.2) is 94.7 Å². The van der Waals surface area contributed by atoms with Crippen LogP contribution in [0, 0.1) is 0 Å². The fourth-order valence-corrected chi connectivity index (χ4v) is 5.76. The maximum atomic E-state index is 13.0. The summed E-state index contributed by atoms with van der Waals surface area (Å²) in [4.78, 5) is -0.186. The Morgan fingerprint density at radius 3 is 1.19 bits per heavy atom. The average Bonchev–Trinajstić information content (AvgIpc) is 2.76. The highest BCUT2D eigenvalue weighted by Gasteiger charge is 2.22. The molecule has 164 valence electrons. The van der Waals surface area contributed by atoms with Gasteiger partial charge in [-0.15, -0.1) is 0 Å². The van der Waals surface area contributed by atoms with Crippen LogP contribution in [0.3, 0.4) is 0 Å². The summed E-state index contributed by atoms with van der Waals surface area (Å²) in [6.45, 7) is 0. The van der Waals surface area contributed by atoms with Crippen LogP contribution in [-0.4, -0.2) is 27.0 Å². The van der Waals surface area contributed by atoms with Gasteiger partial charge in [0.2, 0.25) is 0 Å². The third-order valence-electron chi connectivity index (χ3n) is 4.66. The Morgan fingerprint density at radius 2 is 0.844 bits per heavy atom.